The van der Waals surface area contributed by atoms with Gasteiger partial charge < -0.3 is 25.8 Å². The van der Waals surface area contributed by atoms with Gasteiger partial charge in [0.15, 0.2) is 6.10 Å². The van der Waals surface area contributed by atoms with Gasteiger partial charge in [0.25, 0.3) is 0 Å². The van der Waals surface area contributed by atoms with Crippen molar-refractivity contribution in [2.75, 3.05) is 5.73 Å². The second-order valence-corrected chi connectivity index (χ2v) is 3.57. The van der Waals surface area contributed by atoms with Crippen LogP contribution in [0, 0.1) is 0 Å². The number of hydrogen-bond acceptors (Lipinski definition) is 5. The van der Waals surface area contributed by atoms with Crippen molar-refractivity contribution >= 4 is 11.7 Å². The van der Waals surface area contributed by atoms with Crippen LogP contribution in [0.4, 0.5) is 18.9 Å². The predicted octanol–water partition coefficient (Wildman–Crippen LogP) is 0.646. The van der Waals surface area contributed by atoms with Gasteiger partial charge in [-0.05, 0) is 18.2 Å². The van der Waals surface area contributed by atoms with Gasteiger partial charge in [-0.2, -0.15) is 0 Å². The molecule has 0 aliphatic heterocycles. The number of rotatable bonds is 4. The van der Waals surface area contributed by atoms with E-state index in [1.807, 2.05) is 0 Å². The number of aliphatic hydroxyl groups excluding tert-OH is 2. The molecule has 6 nitrogen and oxygen atoms in total. The minimum absolute atomic E-state index is 0.0267. The molecule has 0 amide bonds. The zero-order valence-electron chi connectivity index (χ0n) is 9.26. The first-order chi connectivity index (χ1) is 8.61. The summed E-state index contributed by atoms with van der Waals surface area (Å²) in [4.78, 5) is 10.5. The molecule has 1 rings (SSSR count). The molecule has 106 valence electrons. The molecule has 5 N–H and O–H groups in total. The number of carbonyl (C=O) groups is 1. The van der Waals surface area contributed by atoms with Crippen LogP contribution in [0.2, 0.25) is 0 Å². The van der Waals surface area contributed by atoms with Crippen LogP contribution in [-0.2, 0) is 4.79 Å². The maximum atomic E-state index is 12.1. The minimum atomic E-state index is -5.03. The fourth-order valence-electron chi connectivity index (χ4n) is 1.32. The summed E-state index contributed by atoms with van der Waals surface area (Å²) in [7, 11) is 0. The van der Waals surface area contributed by atoms with Crippen molar-refractivity contribution in [3.05, 3.63) is 23.8 Å². The third-order valence-corrected chi connectivity index (χ3v) is 2.13. The van der Waals surface area contributed by atoms with Crippen molar-refractivity contribution in [3.8, 4) is 5.75 Å². The number of nitrogen functional groups attached to an aromatic ring is 1. The van der Waals surface area contributed by atoms with Crippen molar-refractivity contribution in [2.24, 2.45) is 0 Å². The highest BCUT2D eigenvalue weighted by Crippen LogP contribution is 2.33. The zero-order chi connectivity index (χ0) is 14.8. The molecule has 0 aromatic heterocycles. The molecule has 0 saturated heterocycles. The summed E-state index contributed by atoms with van der Waals surface area (Å²) in [6, 6.07) is 2.78. The highest BCUT2D eigenvalue weighted by Gasteiger charge is 2.35. The smallest absolute Gasteiger partial charge is 0.479 e. The Balaban J connectivity index is 3.17. The molecule has 0 aliphatic carbocycles. The topological polar surface area (TPSA) is 113 Å². The van der Waals surface area contributed by atoms with E-state index in [2.05, 4.69) is 4.74 Å². The lowest BCUT2D eigenvalue weighted by Gasteiger charge is -2.19. The van der Waals surface area contributed by atoms with Crippen LogP contribution < -0.4 is 10.5 Å². The van der Waals surface area contributed by atoms with E-state index < -0.39 is 35.9 Å². The Morgan fingerprint density at radius 1 is 1.32 bits per heavy atom. The predicted molar refractivity (Wildman–Crippen MR) is 56.1 cm³/mol. The molecular weight excluding hydrogens is 271 g/mol. The Labute approximate surface area is 104 Å². The first kappa shape index (κ1) is 15.1. The van der Waals surface area contributed by atoms with E-state index in [-0.39, 0.29) is 5.69 Å². The molecule has 1 aromatic rings. The number of nitrogens with two attached hydrogens (primary N) is 1. The summed E-state index contributed by atoms with van der Waals surface area (Å²) in [5.41, 5.74) is 4.72. The molecule has 2 unspecified atom stereocenters. The molecule has 0 fully saturated rings. The quantitative estimate of drug-likeness (QED) is 0.603. The lowest BCUT2D eigenvalue weighted by Crippen LogP contribution is -2.28. The van der Waals surface area contributed by atoms with Crippen molar-refractivity contribution < 1.29 is 38.0 Å². The summed E-state index contributed by atoms with van der Waals surface area (Å²) >= 11 is 0. The molecule has 0 aliphatic rings. The van der Waals surface area contributed by atoms with E-state index in [9.17, 15) is 23.1 Å². The van der Waals surface area contributed by atoms with E-state index in [1.165, 1.54) is 0 Å². The van der Waals surface area contributed by atoms with Crippen molar-refractivity contribution in [3.63, 3.8) is 0 Å². The molecule has 0 saturated carbocycles. The van der Waals surface area contributed by atoms with E-state index in [0.717, 1.165) is 18.2 Å². The summed E-state index contributed by atoms with van der Waals surface area (Å²) in [5.74, 6) is -2.64. The van der Waals surface area contributed by atoms with Gasteiger partial charge in [0.2, 0.25) is 0 Å². The summed E-state index contributed by atoms with van der Waals surface area (Å²) in [6.07, 6.45) is -9.45. The molecular formula is C10H10F3NO5. The lowest BCUT2D eigenvalue weighted by atomic mass is 10.0. The van der Waals surface area contributed by atoms with E-state index in [4.69, 9.17) is 15.9 Å². The van der Waals surface area contributed by atoms with Gasteiger partial charge >= 0.3 is 12.3 Å². The van der Waals surface area contributed by atoms with Gasteiger partial charge in [-0.1, -0.05) is 0 Å². The van der Waals surface area contributed by atoms with Gasteiger partial charge in [0.05, 0.1) is 0 Å². The maximum Gasteiger partial charge on any atom is 0.573 e. The van der Waals surface area contributed by atoms with Gasteiger partial charge in [-0.15, -0.1) is 13.2 Å². The number of alkyl halides is 3. The van der Waals surface area contributed by atoms with Crippen molar-refractivity contribution in [1.29, 1.82) is 0 Å². The van der Waals surface area contributed by atoms with Crippen LogP contribution in [0.1, 0.15) is 11.7 Å². The van der Waals surface area contributed by atoms with Gasteiger partial charge in [-0.25, -0.2) is 4.79 Å². The maximum absolute atomic E-state index is 12.1. The average Bonchev–Trinajstić information content (AvgIpc) is 2.27. The van der Waals surface area contributed by atoms with Crippen LogP contribution >= 0.6 is 0 Å². The summed E-state index contributed by atoms with van der Waals surface area (Å²) < 4.78 is 40.0. The fourth-order valence-corrected chi connectivity index (χ4v) is 1.32. The van der Waals surface area contributed by atoms with Gasteiger partial charge in [-0.3, -0.25) is 0 Å². The molecule has 0 radical (unpaired) electrons. The Bertz CT molecular complexity index is 477. The summed E-state index contributed by atoms with van der Waals surface area (Å²) in [5, 5.41) is 27.2. The first-order valence-corrected chi connectivity index (χ1v) is 4.86. The number of halogens is 3. The SMILES string of the molecule is Nc1ccc(OC(F)(F)F)c(C(O)C(O)C(=O)O)c1. The molecule has 19 heavy (non-hydrogen) atoms. The number of hydrogen-bond donors (Lipinski definition) is 4. The van der Waals surface area contributed by atoms with Crippen LogP contribution in [0.3, 0.4) is 0 Å². The minimum Gasteiger partial charge on any atom is -0.479 e. The number of aliphatic carboxylic acids is 1. The van der Waals surface area contributed by atoms with Crippen molar-refractivity contribution in [2.45, 2.75) is 18.6 Å². The highest BCUT2D eigenvalue weighted by atomic mass is 19.4. The molecule has 2 atom stereocenters. The van der Waals surface area contributed by atoms with Crippen LogP contribution in [0.15, 0.2) is 18.2 Å². The second-order valence-electron chi connectivity index (χ2n) is 3.57. The van der Waals surface area contributed by atoms with Gasteiger partial charge in [0, 0.05) is 11.3 Å². The molecule has 0 heterocycles. The third-order valence-electron chi connectivity index (χ3n) is 2.13. The number of benzene rings is 1. The number of carboxylic acid groups (broad SMARTS) is 1. The molecule has 0 spiro atoms. The Morgan fingerprint density at radius 2 is 1.89 bits per heavy atom. The monoisotopic (exact) mass is 281 g/mol. The number of anilines is 1. The Kier molecular flexibility index (Phi) is 4.22. The molecule has 1 aromatic carbocycles. The normalized spacial score (nSPS) is 14.8. The van der Waals surface area contributed by atoms with E-state index in [1.54, 1.807) is 0 Å². The fraction of sp³-hybridized carbons (Fsp3) is 0.300. The average molecular weight is 281 g/mol. The number of ether oxygens (including phenoxy) is 1. The van der Waals surface area contributed by atoms with E-state index >= 15 is 0 Å². The van der Waals surface area contributed by atoms with Crippen LogP contribution in [-0.4, -0.2) is 33.8 Å². The Morgan fingerprint density at radius 3 is 2.37 bits per heavy atom. The highest BCUT2D eigenvalue weighted by molar-refractivity contribution is 5.73. The molecule has 0 bridgehead atoms. The zero-order valence-corrected chi connectivity index (χ0v) is 9.26. The lowest BCUT2D eigenvalue weighted by molar-refractivity contribution is -0.275. The van der Waals surface area contributed by atoms with Crippen LogP contribution in [0.5, 0.6) is 5.75 Å². The Hall–Kier alpha value is -2.00. The second kappa shape index (κ2) is 5.33. The van der Waals surface area contributed by atoms with E-state index in [0.29, 0.717) is 0 Å². The summed E-state index contributed by atoms with van der Waals surface area (Å²) in [6.45, 7) is 0. The van der Waals surface area contributed by atoms with Crippen LogP contribution in [0.25, 0.3) is 0 Å². The number of carboxylic acids is 1. The third kappa shape index (κ3) is 4.00. The van der Waals surface area contributed by atoms with Gasteiger partial charge in [0.1, 0.15) is 11.9 Å². The van der Waals surface area contributed by atoms with Crippen molar-refractivity contribution in [1.82, 2.24) is 0 Å². The number of aliphatic hydroxyl groups is 2. The standard InChI is InChI=1S/C10H10F3NO5/c11-10(12,13)19-6-2-1-4(14)3-5(6)7(15)8(16)9(17)18/h1-3,7-8,15-16H,14H2,(H,17,18). The largest absolute Gasteiger partial charge is 0.573 e. The molecule has 9 heteroatoms. The first-order valence-electron chi connectivity index (χ1n) is 4.86.